The van der Waals surface area contributed by atoms with Gasteiger partial charge in [-0.3, -0.25) is 0 Å². The fraction of sp³-hybridized carbons (Fsp3) is 0.714. The van der Waals surface area contributed by atoms with Gasteiger partial charge in [-0.2, -0.15) is 0 Å². The lowest BCUT2D eigenvalue weighted by Crippen LogP contribution is -2.33. The molecule has 4 atom stereocenters. The minimum Gasteiger partial charge on any atom is -0.406 e. The predicted molar refractivity (Wildman–Crippen MR) is 95.2 cm³/mol. The Morgan fingerprint density at radius 2 is 1.65 bits per heavy atom. The second-order valence-corrected chi connectivity index (χ2v) is 7.81. The van der Waals surface area contributed by atoms with Gasteiger partial charge in [0.15, 0.2) is 0 Å². The van der Waals surface area contributed by atoms with Crippen LogP contribution >= 0.6 is 0 Å². The van der Waals surface area contributed by atoms with Gasteiger partial charge in [-0.05, 0) is 80.4 Å². The molecule has 1 aromatic rings. The topological polar surface area (TPSA) is 18.5 Å². The minimum absolute atomic E-state index is 0.139. The molecule has 2 aliphatic carbocycles. The zero-order valence-electron chi connectivity index (χ0n) is 15.4. The first-order chi connectivity index (χ1) is 12.4. The largest absolute Gasteiger partial charge is 0.573 e. The molecule has 0 spiro atoms. The van der Waals surface area contributed by atoms with Crippen molar-refractivity contribution in [2.45, 2.75) is 76.7 Å². The zero-order chi connectivity index (χ0) is 18.6. The molecule has 2 saturated carbocycles. The maximum absolute atomic E-state index is 12.3. The number of alkyl halides is 3. The highest BCUT2D eigenvalue weighted by atomic mass is 19.4. The van der Waals surface area contributed by atoms with E-state index in [2.05, 4.69) is 11.7 Å². The second-order valence-electron chi connectivity index (χ2n) is 7.81. The SMILES string of the molecule is CCCCOC1CCC2CC(c3ccc(OC(F)(F)F)cc3)CCC2C1. The normalized spacial score (nSPS) is 29.2. The van der Waals surface area contributed by atoms with Gasteiger partial charge in [0.1, 0.15) is 5.75 Å². The fourth-order valence-electron chi connectivity index (χ4n) is 4.64. The quantitative estimate of drug-likeness (QED) is 0.535. The van der Waals surface area contributed by atoms with Gasteiger partial charge in [-0.1, -0.05) is 25.5 Å². The lowest BCUT2D eigenvalue weighted by atomic mass is 9.65. The fourth-order valence-corrected chi connectivity index (χ4v) is 4.64. The monoisotopic (exact) mass is 370 g/mol. The van der Waals surface area contributed by atoms with Crippen LogP contribution in [0.5, 0.6) is 5.75 Å². The standard InChI is InChI=1S/C21H29F3O2/c1-2-3-12-25-20-11-8-17-13-16(4-5-18(17)14-20)15-6-9-19(10-7-15)26-21(22,23)24/h6-7,9-10,16-18,20H,2-5,8,11-14H2,1H3. The van der Waals surface area contributed by atoms with Crippen LogP contribution in [0.2, 0.25) is 0 Å². The average Bonchev–Trinajstić information content (AvgIpc) is 2.61. The molecule has 0 saturated heterocycles. The third kappa shape index (κ3) is 5.38. The Hall–Kier alpha value is -1.23. The van der Waals surface area contributed by atoms with Crippen molar-refractivity contribution in [1.29, 1.82) is 0 Å². The van der Waals surface area contributed by atoms with Gasteiger partial charge < -0.3 is 9.47 Å². The number of rotatable bonds is 6. The first-order valence-corrected chi connectivity index (χ1v) is 9.92. The molecule has 146 valence electrons. The highest BCUT2D eigenvalue weighted by Gasteiger charge is 2.36. The van der Waals surface area contributed by atoms with Crippen LogP contribution in [0.4, 0.5) is 13.2 Å². The highest BCUT2D eigenvalue weighted by Crippen LogP contribution is 2.46. The molecule has 5 heteroatoms. The molecule has 0 aliphatic heterocycles. The Kier molecular flexibility index (Phi) is 6.49. The van der Waals surface area contributed by atoms with E-state index in [1.54, 1.807) is 12.1 Å². The van der Waals surface area contributed by atoms with Gasteiger partial charge in [0.05, 0.1) is 6.10 Å². The van der Waals surface area contributed by atoms with E-state index in [1.165, 1.54) is 37.8 Å². The summed E-state index contributed by atoms with van der Waals surface area (Å²) in [5, 5.41) is 0. The van der Waals surface area contributed by atoms with Crippen LogP contribution in [0.3, 0.4) is 0 Å². The summed E-state index contributed by atoms with van der Waals surface area (Å²) in [6, 6.07) is 6.47. The van der Waals surface area contributed by atoms with E-state index in [9.17, 15) is 13.2 Å². The molecule has 4 unspecified atom stereocenters. The van der Waals surface area contributed by atoms with Crippen molar-refractivity contribution in [2.75, 3.05) is 6.61 Å². The number of fused-ring (bicyclic) bond motifs is 1. The predicted octanol–water partition coefficient (Wildman–Crippen LogP) is 6.45. The Morgan fingerprint density at radius 3 is 2.35 bits per heavy atom. The average molecular weight is 370 g/mol. The molecule has 0 amide bonds. The van der Waals surface area contributed by atoms with Crippen LogP contribution in [0.1, 0.15) is 69.8 Å². The Balaban J connectivity index is 1.51. The number of benzene rings is 1. The van der Waals surface area contributed by atoms with E-state index in [0.717, 1.165) is 49.7 Å². The van der Waals surface area contributed by atoms with E-state index in [4.69, 9.17) is 4.74 Å². The Morgan fingerprint density at radius 1 is 0.962 bits per heavy atom. The van der Waals surface area contributed by atoms with Crippen molar-refractivity contribution in [3.05, 3.63) is 29.8 Å². The van der Waals surface area contributed by atoms with Gasteiger partial charge in [0, 0.05) is 6.61 Å². The molecule has 0 bridgehead atoms. The highest BCUT2D eigenvalue weighted by molar-refractivity contribution is 5.30. The van der Waals surface area contributed by atoms with Crippen LogP contribution in [-0.4, -0.2) is 19.1 Å². The molecule has 26 heavy (non-hydrogen) atoms. The lowest BCUT2D eigenvalue weighted by molar-refractivity contribution is -0.274. The maximum Gasteiger partial charge on any atom is 0.573 e. The number of hydrogen-bond donors (Lipinski definition) is 0. The molecular weight excluding hydrogens is 341 g/mol. The second kappa shape index (κ2) is 8.64. The molecule has 3 rings (SSSR count). The van der Waals surface area contributed by atoms with Crippen LogP contribution in [-0.2, 0) is 4.74 Å². The molecular formula is C21H29F3O2. The van der Waals surface area contributed by atoms with Crippen molar-refractivity contribution >= 4 is 0 Å². The van der Waals surface area contributed by atoms with Crippen LogP contribution < -0.4 is 4.74 Å². The van der Waals surface area contributed by atoms with Crippen molar-refractivity contribution in [3.8, 4) is 5.75 Å². The number of hydrogen-bond acceptors (Lipinski definition) is 2. The third-order valence-corrected chi connectivity index (χ3v) is 6.00. The van der Waals surface area contributed by atoms with Gasteiger partial charge in [-0.25, -0.2) is 0 Å². The summed E-state index contributed by atoms with van der Waals surface area (Å²) in [6.45, 7) is 3.07. The molecule has 2 nitrogen and oxygen atoms in total. The summed E-state index contributed by atoms with van der Waals surface area (Å²) in [7, 11) is 0. The molecule has 1 aromatic carbocycles. The first-order valence-electron chi connectivity index (χ1n) is 9.92. The van der Waals surface area contributed by atoms with E-state index in [1.807, 2.05) is 0 Å². The lowest BCUT2D eigenvalue weighted by Gasteiger charge is -2.42. The van der Waals surface area contributed by atoms with E-state index in [-0.39, 0.29) is 5.75 Å². The summed E-state index contributed by atoms with van der Waals surface area (Å²) in [5.41, 5.74) is 1.14. The Labute approximate surface area is 154 Å². The summed E-state index contributed by atoms with van der Waals surface area (Å²) in [4.78, 5) is 0. The van der Waals surface area contributed by atoms with Crippen LogP contribution in [0, 0.1) is 11.8 Å². The van der Waals surface area contributed by atoms with Crippen molar-refractivity contribution < 1.29 is 22.6 Å². The van der Waals surface area contributed by atoms with Crippen molar-refractivity contribution in [3.63, 3.8) is 0 Å². The summed E-state index contributed by atoms with van der Waals surface area (Å²) >= 11 is 0. The number of halogens is 3. The molecule has 2 fully saturated rings. The van der Waals surface area contributed by atoms with Crippen molar-refractivity contribution in [2.24, 2.45) is 11.8 Å². The third-order valence-electron chi connectivity index (χ3n) is 6.00. The molecule has 0 heterocycles. The van der Waals surface area contributed by atoms with Crippen LogP contribution in [0.25, 0.3) is 0 Å². The van der Waals surface area contributed by atoms with E-state index < -0.39 is 6.36 Å². The van der Waals surface area contributed by atoms with Gasteiger partial charge >= 0.3 is 6.36 Å². The van der Waals surface area contributed by atoms with Gasteiger partial charge in [0.25, 0.3) is 0 Å². The zero-order valence-corrected chi connectivity index (χ0v) is 15.4. The van der Waals surface area contributed by atoms with E-state index in [0.29, 0.717) is 12.0 Å². The number of ether oxygens (including phenoxy) is 2. The summed E-state index contributed by atoms with van der Waals surface area (Å²) < 4.78 is 46.8. The minimum atomic E-state index is -4.63. The Bertz CT molecular complexity index is 555. The molecule has 2 aliphatic rings. The first kappa shape index (κ1) is 19.5. The van der Waals surface area contributed by atoms with Gasteiger partial charge in [-0.15, -0.1) is 13.2 Å². The number of unbranched alkanes of at least 4 members (excludes halogenated alkanes) is 1. The maximum atomic E-state index is 12.3. The van der Waals surface area contributed by atoms with Crippen molar-refractivity contribution in [1.82, 2.24) is 0 Å². The molecule has 0 N–H and O–H groups in total. The molecule has 0 aromatic heterocycles. The van der Waals surface area contributed by atoms with Gasteiger partial charge in [0.2, 0.25) is 0 Å². The molecule has 0 radical (unpaired) electrons. The van der Waals surface area contributed by atoms with Crippen LogP contribution in [0.15, 0.2) is 24.3 Å². The summed E-state index contributed by atoms with van der Waals surface area (Å²) in [6.07, 6.45) is 5.12. The van der Waals surface area contributed by atoms with E-state index >= 15 is 0 Å². The summed E-state index contributed by atoms with van der Waals surface area (Å²) in [5.74, 6) is 1.79. The smallest absolute Gasteiger partial charge is 0.406 e.